The van der Waals surface area contributed by atoms with Crippen LogP contribution < -0.4 is 0 Å². The highest BCUT2D eigenvalue weighted by Crippen LogP contribution is 2.57. The molecule has 1 saturated carbocycles. The number of likely N-dealkylation sites (N-methyl/N-ethyl adjacent to an activating group) is 1. The lowest BCUT2D eigenvalue weighted by atomic mass is 9.94. The lowest BCUT2D eigenvalue weighted by Crippen LogP contribution is -2.16. The molecular formula is C12H15N. The number of hydrogen-bond donors (Lipinski definition) is 0. The third kappa shape index (κ3) is 0.969. The first-order valence-electron chi connectivity index (χ1n) is 5.11. The van der Waals surface area contributed by atoms with E-state index >= 15 is 0 Å². The standard InChI is InChI=1S/C12H15N/c1-13-9-12(13,11-7-8-11)10-5-3-2-4-6-10/h2-6,11H,7-9H2,1H3. The summed E-state index contributed by atoms with van der Waals surface area (Å²) in [4.78, 5) is 2.49. The summed E-state index contributed by atoms with van der Waals surface area (Å²) in [6.45, 7) is 1.27. The minimum absolute atomic E-state index is 0.446. The molecule has 2 unspecified atom stereocenters. The summed E-state index contributed by atoms with van der Waals surface area (Å²) in [6, 6.07) is 11.0. The van der Waals surface area contributed by atoms with Crippen LogP contribution in [0.4, 0.5) is 0 Å². The van der Waals surface area contributed by atoms with Crippen molar-refractivity contribution < 1.29 is 0 Å². The van der Waals surface area contributed by atoms with Gasteiger partial charge in [0, 0.05) is 6.54 Å². The van der Waals surface area contributed by atoms with E-state index in [-0.39, 0.29) is 0 Å². The highest BCUT2D eigenvalue weighted by molar-refractivity contribution is 5.34. The number of benzene rings is 1. The molecule has 0 spiro atoms. The fourth-order valence-electron chi connectivity index (χ4n) is 2.60. The first-order valence-corrected chi connectivity index (χ1v) is 5.11. The predicted octanol–water partition coefficient (Wildman–Crippen LogP) is 2.24. The summed E-state index contributed by atoms with van der Waals surface area (Å²) in [5.41, 5.74) is 1.97. The third-order valence-corrected chi connectivity index (χ3v) is 3.58. The number of hydrogen-bond acceptors (Lipinski definition) is 1. The van der Waals surface area contributed by atoms with E-state index in [4.69, 9.17) is 0 Å². The second-order valence-corrected chi connectivity index (χ2v) is 4.42. The van der Waals surface area contributed by atoms with Crippen LogP contribution in [0.25, 0.3) is 0 Å². The maximum Gasteiger partial charge on any atom is 0.0615 e. The van der Waals surface area contributed by atoms with Crippen LogP contribution in [-0.4, -0.2) is 18.5 Å². The maximum atomic E-state index is 2.49. The monoisotopic (exact) mass is 173 g/mol. The van der Waals surface area contributed by atoms with Gasteiger partial charge in [-0.3, -0.25) is 4.90 Å². The number of nitrogens with zero attached hydrogens (tertiary/aromatic N) is 1. The molecule has 1 heteroatoms. The van der Waals surface area contributed by atoms with Gasteiger partial charge in [-0.05, 0) is 31.4 Å². The van der Waals surface area contributed by atoms with Crippen molar-refractivity contribution >= 4 is 0 Å². The smallest absolute Gasteiger partial charge is 0.0615 e. The molecule has 0 radical (unpaired) electrons. The SMILES string of the molecule is CN1CC1(c1ccccc1)C1CC1. The molecule has 2 fully saturated rings. The Morgan fingerprint density at radius 1 is 1.23 bits per heavy atom. The summed E-state index contributed by atoms with van der Waals surface area (Å²) in [7, 11) is 2.24. The second-order valence-electron chi connectivity index (χ2n) is 4.42. The summed E-state index contributed by atoms with van der Waals surface area (Å²) in [5.74, 6) is 0.944. The van der Waals surface area contributed by atoms with Gasteiger partial charge in [-0.25, -0.2) is 0 Å². The van der Waals surface area contributed by atoms with E-state index in [2.05, 4.69) is 42.3 Å². The molecule has 3 rings (SSSR count). The van der Waals surface area contributed by atoms with E-state index < -0.39 is 0 Å². The molecule has 1 saturated heterocycles. The van der Waals surface area contributed by atoms with Crippen LogP contribution in [0.2, 0.25) is 0 Å². The average molecular weight is 173 g/mol. The highest BCUT2D eigenvalue weighted by Gasteiger charge is 2.59. The average Bonchev–Trinajstić information content (AvgIpc) is 3.00. The van der Waals surface area contributed by atoms with Gasteiger partial charge >= 0.3 is 0 Å². The Bertz CT molecular complexity index is 315. The second kappa shape index (κ2) is 2.36. The Kier molecular flexibility index (Phi) is 1.37. The van der Waals surface area contributed by atoms with Crippen LogP contribution in [-0.2, 0) is 5.54 Å². The highest BCUT2D eigenvalue weighted by atomic mass is 15.3. The largest absolute Gasteiger partial charge is 0.293 e. The van der Waals surface area contributed by atoms with Crippen molar-refractivity contribution in [1.29, 1.82) is 0 Å². The molecule has 2 atom stereocenters. The minimum atomic E-state index is 0.446. The lowest BCUT2D eigenvalue weighted by Gasteiger charge is -2.15. The zero-order chi connectivity index (χ0) is 8.89. The maximum absolute atomic E-state index is 2.49. The molecule has 0 N–H and O–H groups in total. The zero-order valence-corrected chi connectivity index (χ0v) is 8.03. The zero-order valence-electron chi connectivity index (χ0n) is 8.03. The van der Waals surface area contributed by atoms with Gasteiger partial charge in [-0.1, -0.05) is 30.3 Å². The van der Waals surface area contributed by atoms with Crippen LogP contribution in [0.15, 0.2) is 30.3 Å². The Morgan fingerprint density at radius 3 is 2.31 bits per heavy atom. The van der Waals surface area contributed by atoms with Crippen molar-refractivity contribution in [3.63, 3.8) is 0 Å². The van der Waals surface area contributed by atoms with Crippen molar-refractivity contribution in [3.05, 3.63) is 35.9 Å². The molecule has 0 aromatic heterocycles. The van der Waals surface area contributed by atoms with Gasteiger partial charge in [-0.2, -0.15) is 0 Å². The molecule has 1 aliphatic carbocycles. The molecule has 13 heavy (non-hydrogen) atoms. The van der Waals surface area contributed by atoms with Gasteiger partial charge < -0.3 is 0 Å². The minimum Gasteiger partial charge on any atom is -0.293 e. The molecule has 1 heterocycles. The Labute approximate surface area is 79.4 Å². The van der Waals surface area contributed by atoms with E-state index in [1.54, 1.807) is 0 Å². The van der Waals surface area contributed by atoms with Crippen molar-refractivity contribution in [3.8, 4) is 0 Å². The Balaban J connectivity index is 1.99. The van der Waals surface area contributed by atoms with Crippen LogP contribution in [0.1, 0.15) is 18.4 Å². The van der Waals surface area contributed by atoms with E-state index in [0.717, 1.165) is 5.92 Å². The van der Waals surface area contributed by atoms with Gasteiger partial charge in [0.2, 0.25) is 0 Å². The summed E-state index contributed by atoms with van der Waals surface area (Å²) in [5, 5.41) is 0. The fourth-order valence-corrected chi connectivity index (χ4v) is 2.60. The van der Waals surface area contributed by atoms with Gasteiger partial charge in [0.15, 0.2) is 0 Å². The molecule has 1 nitrogen and oxygen atoms in total. The Morgan fingerprint density at radius 2 is 1.85 bits per heavy atom. The molecule has 2 aliphatic rings. The molecule has 0 bridgehead atoms. The van der Waals surface area contributed by atoms with Crippen LogP contribution in [0.5, 0.6) is 0 Å². The molecule has 1 aromatic carbocycles. The van der Waals surface area contributed by atoms with Crippen LogP contribution in [0.3, 0.4) is 0 Å². The first-order chi connectivity index (χ1) is 6.34. The number of rotatable bonds is 2. The molecule has 1 aromatic rings. The third-order valence-electron chi connectivity index (χ3n) is 3.58. The fraction of sp³-hybridized carbons (Fsp3) is 0.500. The topological polar surface area (TPSA) is 3.01 Å². The molecule has 1 aliphatic heterocycles. The van der Waals surface area contributed by atoms with Gasteiger partial charge in [0.25, 0.3) is 0 Å². The van der Waals surface area contributed by atoms with Crippen molar-refractivity contribution in [2.75, 3.05) is 13.6 Å². The molecular weight excluding hydrogens is 158 g/mol. The normalized spacial score (nSPS) is 37.5. The van der Waals surface area contributed by atoms with Gasteiger partial charge in [0.1, 0.15) is 0 Å². The van der Waals surface area contributed by atoms with E-state index in [9.17, 15) is 0 Å². The quantitative estimate of drug-likeness (QED) is 0.620. The van der Waals surface area contributed by atoms with E-state index in [1.165, 1.54) is 24.9 Å². The van der Waals surface area contributed by atoms with Crippen molar-refractivity contribution in [2.45, 2.75) is 18.4 Å². The lowest BCUT2D eigenvalue weighted by molar-refractivity contribution is 0.430. The van der Waals surface area contributed by atoms with Crippen LogP contribution in [0, 0.1) is 5.92 Å². The van der Waals surface area contributed by atoms with Crippen LogP contribution >= 0.6 is 0 Å². The summed E-state index contributed by atoms with van der Waals surface area (Å²) >= 11 is 0. The molecule has 68 valence electrons. The predicted molar refractivity (Wildman–Crippen MR) is 53.5 cm³/mol. The summed E-state index contributed by atoms with van der Waals surface area (Å²) < 4.78 is 0. The first kappa shape index (κ1) is 7.57. The summed E-state index contributed by atoms with van der Waals surface area (Å²) in [6.07, 6.45) is 2.86. The van der Waals surface area contributed by atoms with E-state index in [1.807, 2.05) is 0 Å². The van der Waals surface area contributed by atoms with Crippen molar-refractivity contribution in [1.82, 2.24) is 4.90 Å². The van der Waals surface area contributed by atoms with Gasteiger partial charge in [-0.15, -0.1) is 0 Å². The van der Waals surface area contributed by atoms with Gasteiger partial charge in [0.05, 0.1) is 5.54 Å². The Hall–Kier alpha value is -0.820. The molecule has 0 amide bonds. The van der Waals surface area contributed by atoms with Crippen molar-refractivity contribution in [2.24, 2.45) is 5.92 Å². The van der Waals surface area contributed by atoms with E-state index in [0.29, 0.717) is 5.54 Å².